The summed E-state index contributed by atoms with van der Waals surface area (Å²) in [6.45, 7) is 3.78. The van der Waals surface area contributed by atoms with Gasteiger partial charge in [0.1, 0.15) is 5.38 Å². The van der Waals surface area contributed by atoms with Crippen molar-refractivity contribution in [1.82, 2.24) is 10.2 Å². The van der Waals surface area contributed by atoms with Crippen molar-refractivity contribution in [3.8, 4) is 0 Å². The fraction of sp³-hybridized carbons (Fsp3) is 0.333. The summed E-state index contributed by atoms with van der Waals surface area (Å²) in [6.07, 6.45) is 0. The van der Waals surface area contributed by atoms with Gasteiger partial charge in [0, 0.05) is 5.02 Å². The van der Waals surface area contributed by atoms with Crippen molar-refractivity contribution < 1.29 is 4.42 Å². The minimum absolute atomic E-state index is 0.0428. The Labute approximate surface area is 115 Å². The number of aromatic nitrogens is 2. The highest BCUT2D eigenvalue weighted by Crippen LogP contribution is 2.23. The molecule has 0 aliphatic heterocycles. The Morgan fingerprint density at radius 3 is 2.39 bits per heavy atom. The zero-order valence-electron chi connectivity index (χ0n) is 10.0. The van der Waals surface area contributed by atoms with E-state index >= 15 is 0 Å². The van der Waals surface area contributed by atoms with Crippen molar-refractivity contribution in [3.63, 3.8) is 0 Å². The Kier molecular flexibility index (Phi) is 4.09. The molecule has 2 atom stereocenters. The van der Waals surface area contributed by atoms with Crippen molar-refractivity contribution in [2.45, 2.75) is 25.3 Å². The summed E-state index contributed by atoms with van der Waals surface area (Å²) in [5.41, 5.74) is 1.08. The Balaban J connectivity index is 2.06. The molecular weight excluding hydrogens is 273 g/mol. The topological polar surface area (TPSA) is 51.0 Å². The van der Waals surface area contributed by atoms with Crippen LogP contribution in [0.15, 0.2) is 28.7 Å². The molecule has 4 nitrogen and oxygen atoms in total. The lowest BCUT2D eigenvalue weighted by Gasteiger charge is -2.11. The van der Waals surface area contributed by atoms with E-state index in [0.717, 1.165) is 5.56 Å². The molecule has 1 heterocycles. The van der Waals surface area contributed by atoms with Crippen LogP contribution in [-0.2, 0) is 0 Å². The number of alkyl halides is 1. The zero-order valence-corrected chi connectivity index (χ0v) is 11.5. The van der Waals surface area contributed by atoms with Crippen LogP contribution in [0.5, 0.6) is 0 Å². The van der Waals surface area contributed by atoms with Gasteiger partial charge in [0.05, 0.1) is 6.04 Å². The Morgan fingerprint density at radius 2 is 1.83 bits per heavy atom. The van der Waals surface area contributed by atoms with Gasteiger partial charge in [-0.3, -0.25) is 0 Å². The van der Waals surface area contributed by atoms with E-state index in [1.165, 1.54) is 0 Å². The van der Waals surface area contributed by atoms with E-state index in [2.05, 4.69) is 15.5 Å². The molecule has 0 aliphatic rings. The lowest BCUT2D eigenvalue weighted by Crippen LogP contribution is -2.06. The molecule has 0 radical (unpaired) electrons. The van der Waals surface area contributed by atoms with Crippen LogP contribution in [0.25, 0.3) is 0 Å². The van der Waals surface area contributed by atoms with Crippen molar-refractivity contribution in [2.24, 2.45) is 0 Å². The molecular formula is C12H13Cl2N3O. The predicted molar refractivity (Wildman–Crippen MR) is 72.1 cm³/mol. The quantitative estimate of drug-likeness (QED) is 0.856. The second-order valence-corrected chi connectivity index (χ2v) is 5.07. The van der Waals surface area contributed by atoms with Crippen LogP contribution in [0.2, 0.25) is 5.02 Å². The summed E-state index contributed by atoms with van der Waals surface area (Å²) in [6, 6.07) is 7.98. The number of benzene rings is 1. The molecule has 0 aliphatic carbocycles. The molecule has 0 saturated heterocycles. The smallest absolute Gasteiger partial charge is 0.315 e. The van der Waals surface area contributed by atoms with E-state index in [0.29, 0.717) is 16.9 Å². The van der Waals surface area contributed by atoms with Gasteiger partial charge in [-0.15, -0.1) is 16.7 Å². The summed E-state index contributed by atoms with van der Waals surface area (Å²) in [4.78, 5) is 0. The fourth-order valence-corrected chi connectivity index (χ4v) is 1.69. The number of hydrogen-bond acceptors (Lipinski definition) is 4. The number of anilines is 1. The third-order valence-corrected chi connectivity index (χ3v) is 2.93. The summed E-state index contributed by atoms with van der Waals surface area (Å²) in [7, 11) is 0. The van der Waals surface area contributed by atoms with Crippen LogP contribution in [0.4, 0.5) is 6.01 Å². The molecule has 1 aromatic heterocycles. The summed E-state index contributed by atoms with van der Waals surface area (Å²) in [5, 5.41) is 11.3. The zero-order chi connectivity index (χ0) is 13.1. The van der Waals surface area contributed by atoms with Gasteiger partial charge in [-0.2, -0.15) is 0 Å². The van der Waals surface area contributed by atoms with Crippen molar-refractivity contribution >= 4 is 29.2 Å². The molecule has 0 bridgehead atoms. The first kappa shape index (κ1) is 13.2. The first-order valence-corrected chi connectivity index (χ1v) is 6.37. The first-order chi connectivity index (χ1) is 8.56. The molecule has 2 unspecified atom stereocenters. The average Bonchev–Trinajstić information content (AvgIpc) is 2.78. The maximum Gasteiger partial charge on any atom is 0.315 e. The van der Waals surface area contributed by atoms with Crippen LogP contribution < -0.4 is 5.32 Å². The van der Waals surface area contributed by atoms with Crippen molar-refractivity contribution in [2.75, 3.05) is 5.32 Å². The molecule has 2 rings (SSSR count). The highest BCUT2D eigenvalue weighted by Gasteiger charge is 2.13. The number of nitrogens with one attached hydrogen (secondary N) is 1. The van der Waals surface area contributed by atoms with E-state index < -0.39 is 0 Å². The van der Waals surface area contributed by atoms with Gasteiger partial charge in [-0.05, 0) is 31.5 Å². The van der Waals surface area contributed by atoms with Crippen molar-refractivity contribution in [1.29, 1.82) is 0 Å². The highest BCUT2D eigenvalue weighted by atomic mass is 35.5. The van der Waals surface area contributed by atoms with Gasteiger partial charge in [0.25, 0.3) is 0 Å². The van der Waals surface area contributed by atoms with Gasteiger partial charge in [0.15, 0.2) is 0 Å². The minimum Gasteiger partial charge on any atom is -0.406 e. The van der Waals surface area contributed by atoms with E-state index in [1.807, 2.05) is 31.2 Å². The van der Waals surface area contributed by atoms with Crippen LogP contribution in [0.1, 0.15) is 36.7 Å². The summed E-state index contributed by atoms with van der Waals surface area (Å²) in [5.74, 6) is 0.405. The first-order valence-electron chi connectivity index (χ1n) is 5.55. The van der Waals surface area contributed by atoms with Crippen LogP contribution >= 0.6 is 23.2 Å². The third kappa shape index (κ3) is 3.15. The molecule has 0 fully saturated rings. The largest absolute Gasteiger partial charge is 0.406 e. The minimum atomic E-state index is -0.293. The standard InChI is InChI=1S/C12H13Cl2N3O/c1-7(13)11-16-17-12(18-11)15-8(2)9-3-5-10(14)6-4-9/h3-8H,1-2H3,(H,15,17). The number of halogens is 2. The van der Waals surface area contributed by atoms with Gasteiger partial charge in [-0.1, -0.05) is 28.8 Å². The lowest BCUT2D eigenvalue weighted by atomic mass is 10.1. The fourth-order valence-electron chi connectivity index (χ4n) is 1.47. The lowest BCUT2D eigenvalue weighted by molar-refractivity contribution is 0.502. The normalized spacial score (nSPS) is 14.2. The highest BCUT2D eigenvalue weighted by molar-refractivity contribution is 6.30. The Bertz CT molecular complexity index is 510. The molecule has 0 amide bonds. The molecule has 96 valence electrons. The number of hydrogen-bond donors (Lipinski definition) is 1. The van der Waals surface area contributed by atoms with E-state index in [4.69, 9.17) is 27.6 Å². The average molecular weight is 286 g/mol. The number of rotatable bonds is 4. The molecule has 2 aromatic rings. The molecule has 0 spiro atoms. The molecule has 1 aromatic carbocycles. The molecule has 1 N–H and O–H groups in total. The Morgan fingerprint density at radius 1 is 1.17 bits per heavy atom. The van der Waals surface area contributed by atoms with Gasteiger partial charge < -0.3 is 9.73 Å². The maximum atomic E-state index is 5.85. The second-order valence-electron chi connectivity index (χ2n) is 3.98. The van der Waals surface area contributed by atoms with Crippen molar-refractivity contribution in [3.05, 3.63) is 40.7 Å². The van der Waals surface area contributed by atoms with Gasteiger partial charge in [-0.25, -0.2) is 0 Å². The number of nitrogens with zero attached hydrogens (tertiary/aromatic N) is 2. The van der Waals surface area contributed by atoms with Gasteiger partial charge >= 0.3 is 6.01 Å². The van der Waals surface area contributed by atoms with Gasteiger partial charge in [0.2, 0.25) is 5.89 Å². The summed E-state index contributed by atoms with van der Waals surface area (Å²) < 4.78 is 5.37. The van der Waals surface area contributed by atoms with Crippen LogP contribution in [-0.4, -0.2) is 10.2 Å². The SMILES string of the molecule is CC(Cl)c1nnc(NC(C)c2ccc(Cl)cc2)o1. The van der Waals surface area contributed by atoms with E-state index in [9.17, 15) is 0 Å². The van der Waals surface area contributed by atoms with Crippen LogP contribution in [0.3, 0.4) is 0 Å². The van der Waals surface area contributed by atoms with E-state index in [-0.39, 0.29) is 11.4 Å². The monoisotopic (exact) mass is 285 g/mol. The maximum absolute atomic E-state index is 5.85. The predicted octanol–water partition coefficient (Wildman–Crippen LogP) is 4.20. The third-order valence-electron chi connectivity index (χ3n) is 2.49. The van der Waals surface area contributed by atoms with E-state index in [1.54, 1.807) is 6.92 Å². The molecule has 18 heavy (non-hydrogen) atoms. The molecule has 6 heteroatoms. The Hall–Kier alpha value is -1.26. The second kappa shape index (κ2) is 5.59. The summed E-state index contributed by atoms with van der Waals surface area (Å²) >= 11 is 11.7. The molecule has 0 saturated carbocycles. The van der Waals surface area contributed by atoms with Crippen LogP contribution in [0, 0.1) is 0 Å².